The number of carbonyl (C=O) groups is 1. The van der Waals surface area contributed by atoms with Crippen LogP contribution in [0.1, 0.15) is 36.0 Å². The summed E-state index contributed by atoms with van der Waals surface area (Å²) in [6.45, 7) is 2.14. The number of piperidine rings is 1. The number of rotatable bonds is 3. The van der Waals surface area contributed by atoms with E-state index in [2.05, 4.69) is 15.3 Å². The Morgan fingerprint density at radius 2 is 2.08 bits per heavy atom. The molecule has 7 nitrogen and oxygen atoms in total. The molecule has 4 heterocycles. The minimum absolute atomic E-state index is 0.0340. The zero-order valence-electron chi connectivity index (χ0n) is 14.1. The lowest BCUT2D eigenvalue weighted by molar-refractivity contribution is -0.110. The first kappa shape index (κ1) is 16.1. The molecule has 0 bridgehead atoms. The molecule has 1 atom stereocenters. The summed E-state index contributed by atoms with van der Waals surface area (Å²) in [5.41, 5.74) is 0.457. The number of nitrogens with zero attached hydrogens (tertiary/aromatic N) is 3. The number of nitrogens with one attached hydrogen (secondary N) is 1. The highest BCUT2D eigenvalue weighted by atomic mass is 16.5. The lowest BCUT2D eigenvalue weighted by Crippen LogP contribution is -2.52. The van der Waals surface area contributed by atoms with Crippen molar-refractivity contribution in [3.63, 3.8) is 0 Å². The van der Waals surface area contributed by atoms with E-state index in [4.69, 9.17) is 9.15 Å². The minimum atomic E-state index is -0.155. The van der Waals surface area contributed by atoms with Gasteiger partial charge in [-0.15, -0.1) is 0 Å². The Bertz CT molecular complexity index is 696. The van der Waals surface area contributed by atoms with Gasteiger partial charge in [-0.25, -0.2) is 9.97 Å². The van der Waals surface area contributed by atoms with Crippen LogP contribution < -0.4 is 5.32 Å². The van der Waals surface area contributed by atoms with Gasteiger partial charge in [-0.3, -0.25) is 4.79 Å². The van der Waals surface area contributed by atoms with Crippen LogP contribution in [0.4, 0.5) is 5.95 Å². The van der Waals surface area contributed by atoms with E-state index in [0.717, 1.165) is 32.3 Å². The molecule has 0 radical (unpaired) electrons. The molecule has 1 spiro atoms. The summed E-state index contributed by atoms with van der Waals surface area (Å²) in [6, 6.07) is 3.82. The maximum atomic E-state index is 12.4. The van der Waals surface area contributed by atoms with Gasteiger partial charge in [0.05, 0.1) is 17.4 Å². The van der Waals surface area contributed by atoms with E-state index < -0.39 is 0 Å². The molecule has 2 aromatic heterocycles. The number of furan rings is 1. The van der Waals surface area contributed by atoms with Crippen LogP contribution in [0.3, 0.4) is 0 Å². The Morgan fingerprint density at radius 1 is 1.28 bits per heavy atom. The van der Waals surface area contributed by atoms with Crippen LogP contribution in [-0.4, -0.2) is 52.1 Å². The molecule has 2 aromatic rings. The van der Waals surface area contributed by atoms with E-state index in [1.165, 1.54) is 12.5 Å². The van der Waals surface area contributed by atoms with Crippen molar-refractivity contribution in [3.05, 3.63) is 42.6 Å². The van der Waals surface area contributed by atoms with E-state index in [-0.39, 0.29) is 11.5 Å². The second kappa shape index (κ2) is 6.84. The Balaban J connectivity index is 1.36. The number of hydrogen-bond acceptors (Lipinski definition) is 6. The van der Waals surface area contributed by atoms with Crippen LogP contribution in [-0.2, 0) is 4.74 Å². The highest BCUT2D eigenvalue weighted by molar-refractivity contribution is 5.93. The van der Waals surface area contributed by atoms with E-state index in [1.54, 1.807) is 18.5 Å². The van der Waals surface area contributed by atoms with Gasteiger partial charge >= 0.3 is 0 Å². The maximum absolute atomic E-state index is 12.4. The topological polar surface area (TPSA) is 80.5 Å². The van der Waals surface area contributed by atoms with Crippen LogP contribution in [0.25, 0.3) is 0 Å². The Kier molecular flexibility index (Phi) is 4.40. The van der Waals surface area contributed by atoms with Gasteiger partial charge in [0, 0.05) is 38.1 Å². The molecule has 0 unspecified atom stereocenters. The molecule has 0 saturated carbocycles. The Morgan fingerprint density at radius 3 is 2.80 bits per heavy atom. The zero-order chi connectivity index (χ0) is 17.1. The summed E-state index contributed by atoms with van der Waals surface area (Å²) in [7, 11) is 0. The Hall–Kier alpha value is -2.41. The third-order valence-corrected chi connectivity index (χ3v) is 5.12. The first-order valence-electron chi connectivity index (χ1n) is 8.73. The molecule has 2 saturated heterocycles. The van der Waals surface area contributed by atoms with Crippen molar-refractivity contribution < 1.29 is 13.9 Å². The second-order valence-electron chi connectivity index (χ2n) is 6.74. The van der Waals surface area contributed by atoms with Crippen LogP contribution in [0.2, 0.25) is 0 Å². The van der Waals surface area contributed by atoms with Gasteiger partial charge in [-0.1, -0.05) is 0 Å². The van der Waals surface area contributed by atoms with Crippen molar-refractivity contribution >= 4 is 11.9 Å². The summed E-state index contributed by atoms with van der Waals surface area (Å²) in [6.07, 6.45) is 10.1. The summed E-state index contributed by atoms with van der Waals surface area (Å²) in [5.74, 6) is 0.698. The first-order chi connectivity index (χ1) is 12.2. The molecule has 7 heteroatoms. The normalized spacial score (nSPS) is 22.7. The number of ether oxygens (including phenoxy) is 1. The van der Waals surface area contributed by atoms with E-state index in [1.807, 2.05) is 11.0 Å². The van der Waals surface area contributed by atoms with Gasteiger partial charge in [0.15, 0.2) is 0 Å². The summed E-state index contributed by atoms with van der Waals surface area (Å²) < 4.78 is 11.2. The van der Waals surface area contributed by atoms with Crippen molar-refractivity contribution in [2.75, 3.05) is 25.0 Å². The fourth-order valence-corrected chi connectivity index (χ4v) is 3.74. The van der Waals surface area contributed by atoms with Gasteiger partial charge in [0.25, 0.3) is 5.91 Å². The van der Waals surface area contributed by atoms with Gasteiger partial charge in [-0.05, 0) is 37.8 Å². The van der Waals surface area contributed by atoms with Crippen molar-refractivity contribution in [3.8, 4) is 0 Å². The molecular weight excluding hydrogens is 320 g/mol. The van der Waals surface area contributed by atoms with Crippen molar-refractivity contribution in [1.29, 1.82) is 0 Å². The number of hydrogen-bond donors (Lipinski definition) is 1. The zero-order valence-corrected chi connectivity index (χ0v) is 14.1. The minimum Gasteiger partial charge on any atom is -0.472 e. The predicted octanol–water partition coefficient (Wildman–Crippen LogP) is 2.34. The van der Waals surface area contributed by atoms with Crippen LogP contribution >= 0.6 is 0 Å². The highest BCUT2D eigenvalue weighted by Gasteiger charge is 2.41. The predicted molar refractivity (Wildman–Crippen MR) is 91.2 cm³/mol. The van der Waals surface area contributed by atoms with Gasteiger partial charge in [0.2, 0.25) is 5.95 Å². The molecule has 4 rings (SSSR count). The smallest absolute Gasteiger partial charge is 0.257 e. The molecule has 1 amide bonds. The first-order valence-corrected chi connectivity index (χ1v) is 8.73. The third-order valence-electron chi connectivity index (χ3n) is 5.12. The van der Waals surface area contributed by atoms with Crippen molar-refractivity contribution in [2.24, 2.45) is 0 Å². The van der Waals surface area contributed by atoms with Gasteiger partial charge in [0.1, 0.15) is 6.26 Å². The van der Waals surface area contributed by atoms with Crippen LogP contribution in [0.5, 0.6) is 0 Å². The Labute approximate surface area is 146 Å². The van der Waals surface area contributed by atoms with Crippen molar-refractivity contribution in [1.82, 2.24) is 14.9 Å². The fourth-order valence-electron chi connectivity index (χ4n) is 3.74. The fraction of sp³-hybridized carbons (Fsp3) is 0.500. The van der Waals surface area contributed by atoms with Gasteiger partial charge in [-0.2, -0.15) is 0 Å². The molecule has 25 heavy (non-hydrogen) atoms. The average molecular weight is 342 g/mol. The molecule has 0 aliphatic carbocycles. The number of aromatic nitrogens is 2. The summed E-state index contributed by atoms with van der Waals surface area (Å²) in [4.78, 5) is 22.8. The molecule has 0 aromatic carbocycles. The number of anilines is 1. The van der Waals surface area contributed by atoms with Crippen LogP contribution in [0, 0.1) is 0 Å². The van der Waals surface area contributed by atoms with Crippen molar-refractivity contribution in [2.45, 2.75) is 37.3 Å². The standard InChI is InChI=1S/C18H22N4O3/c23-16(14-2-10-24-13-14)22-8-4-18(5-9-22)12-15(3-11-25-18)21-17-19-6-1-7-20-17/h1-2,6-7,10,13,15H,3-5,8-9,11-12H2,(H,19,20,21)/t15-/m0/s1. The third kappa shape index (κ3) is 3.51. The molecule has 2 aliphatic rings. The maximum Gasteiger partial charge on any atom is 0.257 e. The second-order valence-corrected chi connectivity index (χ2v) is 6.74. The quantitative estimate of drug-likeness (QED) is 0.922. The van der Waals surface area contributed by atoms with Gasteiger partial charge < -0.3 is 19.4 Å². The SMILES string of the molecule is O=C(c1ccoc1)N1CCC2(CC1)C[C@@H](Nc1ncccn1)CCO2. The number of amides is 1. The van der Waals surface area contributed by atoms with Crippen LogP contribution in [0.15, 0.2) is 41.5 Å². The van der Waals surface area contributed by atoms with E-state index in [9.17, 15) is 4.79 Å². The average Bonchev–Trinajstić information content (AvgIpc) is 3.18. The van der Waals surface area contributed by atoms with E-state index >= 15 is 0 Å². The summed E-state index contributed by atoms with van der Waals surface area (Å²) in [5, 5.41) is 3.41. The lowest BCUT2D eigenvalue weighted by atomic mass is 9.82. The number of carbonyl (C=O) groups excluding carboxylic acids is 1. The lowest BCUT2D eigenvalue weighted by Gasteiger charge is -2.46. The molecule has 2 fully saturated rings. The molecule has 132 valence electrons. The molecule has 2 aliphatic heterocycles. The molecule has 1 N–H and O–H groups in total. The molecular formula is C18H22N4O3. The largest absolute Gasteiger partial charge is 0.472 e. The highest BCUT2D eigenvalue weighted by Crippen LogP contribution is 2.36. The summed E-state index contributed by atoms with van der Waals surface area (Å²) >= 11 is 0. The van der Waals surface area contributed by atoms with E-state index in [0.29, 0.717) is 30.6 Å². The monoisotopic (exact) mass is 342 g/mol. The number of likely N-dealkylation sites (tertiary alicyclic amines) is 1.